The first-order chi connectivity index (χ1) is 7.63. The summed E-state index contributed by atoms with van der Waals surface area (Å²) in [5.74, 6) is 0.174. The van der Waals surface area contributed by atoms with E-state index in [1.165, 1.54) is 17.8 Å². The fourth-order valence-corrected chi connectivity index (χ4v) is 2.05. The Morgan fingerprint density at radius 3 is 2.88 bits per heavy atom. The summed E-state index contributed by atoms with van der Waals surface area (Å²) in [4.78, 5) is 21.7. The molecule has 2 aromatic heterocycles. The predicted octanol–water partition coefficient (Wildman–Crippen LogP) is 1.55. The van der Waals surface area contributed by atoms with E-state index in [0.29, 0.717) is 15.3 Å². The minimum absolute atomic E-state index is 0.174. The van der Waals surface area contributed by atoms with Crippen molar-refractivity contribution in [2.75, 3.05) is 5.73 Å². The molecule has 3 N–H and O–H groups in total. The maximum atomic E-state index is 11.1. The fraction of sp³-hybridized carbons (Fsp3) is 0. The van der Waals surface area contributed by atoms with Crippen LogP contribution in [0.3, 0.4) is 0 Å². The maximum Gasteiger partial charge on any atom is 0.253 e. The summed E-state index contributed by atoms with van der Waals surface area (Å²) in [5.41, 5.74) is 5.16. The summed E-state index contributed by atoms with van der Waals surface area (Å²) in [7, 11) is 0. The second kappa shape index (κ2) is 4.54. The highest BCUT2D eigenvalue weighted by atomic mass is 35.5. The molecular weight excluding hydrogens is 248 g/mol. The number of H-pyrrole nitrogens is 1. The molecule has 0 fully saturated rings. The molecule has 2 rings (SSSR count). The molecule has 0 aliphatic rings. The second-order valence-electron chi connectivity index (χ2n) is 2.88. The molecule has 16 heavy (non-hydrogen) atoms. The van der Waals surface area contributed by atoms with Crippen molar-refractivity contribution >= 4 is 29.2 Å². The Bertz CT molecular complexity index is 571. The average molecular weight is 255 g/mol. The summed E-state index contributed by atoms with van der Waals surface area (Å²) >= 11 is 6.92. The molecule has 0 spiro atoms. The van der Waals surface area contributed by atoms with Crippen molar-refractivity contribution in [1.82, 2.24) is 15.0 Å². The maximum absolute atomic E-state index is 11.1. The summed E-state index contributed by atoms with van der Waals surface area (Å²) < 4.78 is 0. The monoisotopic (exact) mass is 254 g/mol. The van der Waals surface area contributed by atoms with Crippen LogP contribution >= 0.6 is 23.4 Å². The highest BCUT2D eigenvalue weighted by Crippen LogP contribution is 2.23. The van der Waals surface area contributed by atoms with Gasteiger partial charge >= 0.3 is 0 Å². The van der Waals surface area contributed by atoms with Crippen LogP contribution in [-0.4, -0.2) is 15.0 Å². The smallest absolute Gasteiger partial charge is 0.253 e. The Hall–Kier alpha value is -1.53. The van der Waals surface area contributed by atoms with Crippen LogP contribution in [0.5, 0.6) is 0 Å². The standard InChI is InChI=1S/C9H7ClN4OS/c10-5-2-1-3-8(12-5)16-9-13-6(11)4-7(15)14-9/h1-4H,(H3,11,13,14,15). The molecule has 0 amide bonds. The third-order valence-electron chi connectivity index (χ3n) is 1.63. The molecule has 7 heteroatoms. The van der Waals surface area contributed by atoms with Gasteiger partial charge in [0.25, 0.3) is 5.56 Å². The van der Waals surface area contributed by atoms with E-state index in [4.69, 9.17) is 17.3 Å². The molecule has 5 nitrogen and oxygen atoms in total. The zero-order valence-corrected chi connectivity index (χ0v) is 9.55. The van der Waals surface area contributed by atoms with Crippen molar-refractivity contribution in [2.45, 2.75) is 10.2 Å². The van der Waals surface area contributed by atoms with Crippen molar-refractivity contribution in [3.8, 4) is 0 Å². The van der Waals surface area contributed by atoms with Crippen LogP contribution in [0, 0.1) is 0 Å². The van der Waals surface area contributed by atoms with E-state index in [2.05, 4.69) is 15.0 Å². The summed E-state index contributed by atoms with van der Waals surface area (Å²) in [6.07, 6.45) is 0. The molecule has 0 aromatic carbocycles. The number of nitrogen functional groups attached to an aromatic ring is 1. The van der Waals surface area contributed by atoms with Crippen LogP contribution in [0.15, 0.2) is 39.2 Å². The number of aromatic amines is 1. The van der Waals surface area contributed by atoms with Gasteiger partial charge in [0.15, 0.2) is 5.16 Å². The lowest BCUT2D eigenvalue weighted by Gasteiger charge is -2.00. The van der Waals surface area contributed by atoms with E-state index in [9.17, 15) is 4.79 Å². The van der Waals surface area contributed by atoms with Gasteiger partial charge in [0, 0.05) is 6.07 Å². The van der Waals surface area contributed by atoms with Crippen LogP contribution < -0.4 is 11.3 Å². The summed E-state index contributed by atoms with van der Waals surface area (Å²) in [6, 6.07) is 6.42. The van der Waals surface area contributed by atoms with Gasteiger partial charge in [0.05, 0.1) is 0 Å². The molecule has 0 radical (unpaired) electrons. The number of nitrogens with zero attached hydrogens (tertiary/aromatic N) is 2. The predicted molar refractivity (Wildman–Crippen MR) is 62.6 cm³/mol. The van der Waals surface area contributed by atoms with Crippen molar-refractivity contribution in [3.63, 3.8) is 0 Å². The Labute approximate surface area is 100 Å². The van der Waals surface area contributed by atoms with Gasteiger partial charge < -0.3 is 10.7 Å². The SMILES string of the molecule is Nc1cc(=O)[nH]c(Sc2cccc(Cl)n2)n1. The molecule has 0 saturated heterocycles. The minimum atomic E-state index is -0.294. The Morgan fingerprint density at radius 1 is 1.38 bits per heavy atom. The molecule has 0 aliphatic heterocycles. The van der Waals surface area contributed by atoms with Gasteiger partial charge in [-0.05, 0) is 23.9 Å². The zero-order chi connectivity index (χ0) is 11.5. The largest absolute Gasteiger partial charge is 0.383 e. The number of hydrogen-bond donors (Lipinski definition) is 2. The average Bonchev–Trinajstić information content (AvgIpc) is 2.15. The van der Waals surface area contributed by atoms with Gasteiger partial charge in [-0.25, -0.2) is 9.97 Å². The lowest BCUT2D eigenvalue weighted by Crippen LogP contribution is -2.09. The van der Waals surface area contributed by atoms with E-state index in [0.717, 1.165) is 0 Å². The van der Waals surface area contributed by atoms with E-state index in [-0.39, 0.29) is 11.4 Å². The van der Waals surface area contributed by atoms with Gasteiger partial charge in [0.2, 0.25) is 0 Å². The number of hydrogen-bond acceptors (Lipinski definition) is 5. The minimum Gasteiger partial charge on any atom is -0.383 e. The van der Waals surface area contributed by atoms with E-state index in [1.807, 2.05) is 0 Å². The summed E-state index contributed by atoms with van der Waals surface area (Å²) in [5, 5.41) is 1.41. The van der Waals surface area contributed by atoms with Crippen LogP contribution in [0.25, 0.3) is 0 Å². The first-order valence-electron chi connectivity index (χ1n) is 4.31. The molecule has 2 aromatic rings. The van der Waals surface area contributed by atoms with Crippen LogP contribution in [0.2, 0.25) is 5.15 Å². The third kappa shape index (κ3) is 2.74. The van der Waals surface area contributed by atoms with Crippen LogP contribution in [-0.2, 0) is 0 Å². The summed E-state index contributed by atoms with van der Waals surface area (Å²) in [6.45, 7) is 0. The van der Waals surface area contributed by atoms with Gasteiger partial charge in [-0.15, -0.1) is 0 Å². The third-order valence-corrected chi connectivity index (χ3v) is 2.66. The van der Waals surface area contributed by atoms with Crippen molar-refractivity contribution < 1.29 is 0 Å². The number of halogens is 1. The van der Waals surface area contributed by atoms with Gasteiger partial charge in [-0.3, -0.25) is 4.79 Å². The number of nitrogens with one attached hydrogen (secondary N) is 1. The number of nitrogens with two attached hydrogens (primary N) is 1. The van der Waals surface area contributed by atoms with Gasteiger partial charge in [-0.2, -0.15) is 0 Å². The number of rotatable bonds is 2. The van der Waals surface area contributed by atoms with E-state index in [1.54, 1.807) is 18.2 Å². The van der Waals surface area contributed by atoms with Crippen molar-refractivity contribution in [3.05, 3.63) is 39.8 Å². The first-order valence-corrected chi connectivity index (χ1v) is 5.50. The lowest BCUT2D eigenvalue weighted by molar-refractivity contribution is 0.940. The second-order valence-corrected chi connectivity index (χ2v) is 4.27. The molecule has 0 atom stereocenters. The van der Waals surface area contributed by atoms with Crippen LogP contribution in [0.1, 0.15) is 0 Å². The molecular formula is C9H7ClN4OS. The molecule has 0 saturated carbocycles. The van der Waals surface area contributed by atoms with Gasteiger partial charge in [0.1, 0.15) is 16.0 Å². The normalized spacial score (nSPS) is 10.3. The van der Waals surface area contributed by atoms with Crippen LogP contribution in [0.4, 0.5) is 5.82 Å². The highest BCUT2D eigenvalue weighted by Gasteiger charge is 2.03. The zero-order valence-electron chi connectivity index (χ0n) is 7.98. The van der Waals surface area contributed by atoms with E-state index >= 15 is 0 Å². The van der Waals surface area contributed by atoms with Crippen molar-refractivity contribution in [2.24, 2.45) is 0 Å². The molecule has 0 bridgehead atoms. The quantitative estimate of drug-likeness (QED) is 0.627. The fourth-order valence-electron chi connectivity index (χ4n) is 1.05. The Morgan fingerprint density at radius 2 is 2.19 bits per heavy atom. The Balaban J connectivity index is 2.30. The highest BCUT2D eigenvalue weighted by molar-refractivity contribution is 7.99. The number of aromatic nitrogens is 3. The molecule has 2 heterocycles. The van der Waals surface area contributed by atoms with Gasteiger partial charge in [-0.1, -0.05) is 17.7 Å². The number of anilines is 1. The van der Waals surface area contributed by atoms with E-state index < -0.39 is 0 Å². The topological polar surface area (TPSA) is 84.7 Å². The van der Waals surface area contributed by atoms with Crippen molar-refractivity contribution in [1.29, 1.82) is 0 Å². The molecule has 0 aliphatic carbocycles. The molecule has 82 valence electrons. The Kier molecular flexibility index (Phi) is 3.12. The molecule has 0 unspecified atom stereocenters. The first kappa shape index (κ1) is 11.0. The lowest BCUT2D eigenvalue weighted by atomic mass is 10.5. The number of pyridine rings is 1.